The number of carbonyl (C=O) groups is 1. The summed E-state index contributed by atoms with van der Waals surface area (Å²) in [6.45, 7) is 1.76. The second kappa shape index (κ2) is 64.6. The first-order chi connectivity index (χ1) is 50.3. The number of allylic oxidation sites excluding steroid dienone is 7. The first kappa shape index (κ1) is 95.0. The molecule has 3 aliphatic rings. The third-order valence-corrected chi connectivity index (χ3v) is 21.1. The number of nitrogens with one attached hydrogen (secondary N) is 1. The second-order valence-electron chi connectivity index (χ2n) is 30.3. The normalized spacial score (nSPS) is 26.2. The Bertz CT molecular complexity index is 2050. The van der Waals surface area contributed by atoms with Gasteiger partial charge in [-0.3, -0.25) is 4.79 Å². The van der Waals surface area contributed by atoms with Crippen molar-refractivity contribution >= 4 is 5.91 Å². The number of hydrogen-bond acceptors (Lipinski definition) is 18. The van der Waals surface area contributed by atoms with E-state index in [1.807, 2.05) is 6.08 Å². The highest BCUT2D eigenvalue weighted by Gasteiger charge is 2.54. The van der Waals surface area contributed by atoms with Crippen LogP contribution in [0, 0.1) is 0 Å². The van der Waals surface area contributed by atoms with Gasteiger partial charge in [-0.15, -0.1) is 0 Å². The van der Waals surface area contributed by atoms with Crippen LogP contribution in [0.5, 0.6) is 0 Å². The molecule has 17 atom stereocenters. The van der Waals surface area contributed by atoms with Gasteiger partial charge in [-0.2, -0.15) is 0 Å². The molecule has 19 heteroatoms. The molecule has 0 aromatic carbocycles. The molecule has 0 bridgehead atoms. The lowest BCUT2D eigenvalue weighted by Crippen LogP contribution is -2.66. The largest absolute Gasteiger partial charge is 0.394 e. The number of aliphatic hydroxyl groups is 11. The summed E-state index contributed by atoms with van der Waals surface area (Å²) in [5, 5.41) is 121. The van der Waals surface area contributed by atoms with Crippen molar-refractivity contribution in [2.45, 2.75) is 452 Å². The molecule has 3 rings (SSSR count). The molecular weight excluding hydrogens is 1310 g/mol. The summed E-state index contributed by atoms with van der Waals surface area (Å²) < 4.78 is 34.5. The average Bonchev–Trinajstić information content (AvgIpc) is 0.781. The van der Waals surface area contributed by atoms with Crippen LogP contribution >= 0.6 is 0 Å². The van der Waals surface area contributed by atoms with Gasteiger partial charge in [0.05, 0.1) is 38.6 Å². The van der Waals surface area contributed by atoms with Crippen LogP contribution in [0.25, 0.3) is 0 Å². The SMILES string of the molecule is CCCCCCC/C=C\C/C=C\CCCCCCCCCCCCCCCC(=O)NC(COC1OC(CO)C(OC2OC(CO)C(OC3OC(CO)C(O)C(O)C3O)C(O)C2O)C(O)C1O)C(O)/C=C/CC/C=C/CCCCCCCCCCCCCCCCCCCCCCCCCCCCC. The fraction of sp³-hybridized carbons (Fsp3) is 0.893. The first-order valence-corrected chi connectivity index (χ1v) is 42.4. The summed E-state index contributed by atoms with van der Waals surface area (Å²) in [6, 6.07) is -0.993. The van der Waals surface area contributed by atoms with Crippen LogP contribution < -0.4 is 5.32 Å². The van der Waals surface area contributed by atoms with E-state index in [1.54, 1.807) is 6.08 Å². The van der Waals surface area contributed by atoms with Gasteiger partial charge in [-0.05, 0) is 64.2 Å². The maximum Gasteiger partial charge on any atom is 0.220 e. The molecule has 0 aromatic heterocycles. The number of ether oxygens (including phenoxy) is 6. The number of amides is 1. The zero-order valence-electron chi connectivity index (χ0n) is 64.8. The lowest BCUT2D eigenvalue weighted by atomic mass is 9.96. The lowest BCUT2D eigenvalue weighted by Gasteiger charge is -2.48. The highest BCUT2D eigenvalue weighted by molar-refractivity contribution is 5.76. The van der Waals surface area contributed by atoms with Gasteiger partial charge >= 0.3 is 0 Å². The molecule has 17 unspecified atom stereocenters. The predicted molar refractivity (Wildman–Crippen MR) is 411 cm³/mol. The maximum absolute atomic E-state index is 13.5. The van der Waals surface area contributed by atoms with E-state index in [9.17, 15) is 61.0 Å². The van der Waals surface area contributed by atoms with E-state index in [0.717, 1.165) is 44.9 Å². The van der Waals surface area contributed by atoms with Crippen LogP contribution in [-0.2, 0) is 33.2 Å². The van der Waals surface area contributed by atoms with Crippen molar-refractivity contribution in [2.24, 2.45) is 0 Å². The summed E-state index contributed by atoms with van der Waals surface area (Å²) in [6.07, 6.45) is 55.4. The topological polar surface area (TPSA) is 307 Å². The minimum atomic E-state index is -1.98. The number of hydrogen-bond donors (Lipinski definition) is 12. The number of rotatable bonds is 68. The Morgan fingerprint density at radius 3 is 1.03 bits per heavy atom. The minimum absolute atomic E-state index is 0.235. The molecule has 0 aromatic rings. The quantitative estimate of drug-likeness (QED) is 0.0199. The fourth-order valence-corrected chi connectivity index (χ4v) is 14.3. The maximum atomic E-state index is 13.5. The molecule has 103 heavy (non-hydrogen) atoms. The summed E-state index contributed by atoms with van der Waals surface area (Å²) in [5.74, 6) is -0.282. The van der Waals surface area contributed by atoms with Crippen LogP contribution in [-0.4, -0.2) is 193 Å². The smallest absolute Gasteiger partial charge is 0.220 e. The van der Waals surface area contributed by atoms with Gasteiger partial charge in [-0.1, -0.05) is 326 Å². The molecule has 0 spiro atoms. The Morgan fingerprint density at radius 2 is 0.650 bits per heavy atom. The molecule has 0 aliphatic carbocycles. The van der Waals surface area contributed by atoms with Crippen molar-refractivity contribution in [1.29, 1.82) is 0 Å². The summed E-state index contributed by atoms with van der Waals surface area (Å²) >= 11 is 0. The Balaban J connectivity index is 1.36. The van der Waals surface area contributed by atoms with E-state index in [1.165, 1.54) is 270 Å². The third-order valence-electron chi connectivity index (χ3n) is 21.1. The molecule has 3 aliphatic heterocycles. The van der Waals surface area contributed by atoms with Crippen LogP contribution in [0.4, 0.5) is 0 Å². The van der Waals surface area contributed by atoms with Gasteiger partial charge in [0.1, 0.15) is 73.2 Å². The highest BCUT2D eigenvalue weighted by atomic mass is 16.8. The summed E-state index contributed by atoms with van der Waals surface area (Å²) in [7, 11) is 0. The average molecular weight is 1470 g/mol. The molecule has 604 valence electrons. The Morgan fingerprint density at radius 1 is 0.350 bits per heavy atom. The molecule has 0 saturated carbocycles. The summed E-state index contributed by atoms with van der Waals surface area (Å²) in [4.78, 5) is 13.5. The van der Waals surface area contributed by atoms with E-state index < -0.39 is 124 Å². The van der Waals surface area contributed by atoms with Gasteiger partial charge in [-0.25, -0.2) is 0 Å². The van der Waals surface area contributed by atoms with Gasteiger partial charge in [0.15, 0.2) is 18.9 Å². The van der Waals surface area contributed by atoms with Crippen molar-refractivity contribution in [2.75, 3.05) is 26.4 Å². The van der Waals surface area contributed by atoms with E-state index in [2.05, 4.69) is 55.6 Å². The van der Waals surface area contributed by atoms with E-state index in [4.69, 9.17) is 28.4 Å². The standard InChI is InChI=1S/C84H155NO18/c1-3-5-7-9-11-13-15-17-19-21-23-25-27-29-30-31-32-33-34-35-36-38-39-41-43-45-47-49-51-53-55-57-59-61-68(89)67(85-72(90)62-60-58-56-54-52-50-48-46-44-42-40-37-28-26-24-22-20-18-16-14-12-10-8-6-4-2)66-98-82-78(96)75(93)80(70(64-87)100-82)103-84-79(97)76(94)81(71(65-88)101-84)102-83-77(95)74(92)73(91)69(63-86)99-83/h16,18,22,24,51,53,59,61,67-71,73-84,86-89,91-97H,3-15,17,19-21,23,25-50,52,54-58,60,62-66H2,1-2H3,(H,85,90)/b18-16-,24-22-,53-51+,61-59+. The van der Waals surface area contributed by atoms with Crippen LogP contribution in [0.3, 0.4) is 0 Å². The van der Waals surface area contributed by atoms with E-state index in [0.29, 0.717) is 12.8 Å². The van der Waals surface area contributed by atoms with Crippen LogP contribution in [0.15, 0.2) is 48.6 Å². The van der Waals surface area contributed by atoms with E-state index in [-0.39, 0.29) is 18.9 Å². The van der Waals surface area contributed by atoms with Crippen LogP contribution in [0.1, 0.15) is 348 Å². The molecule has 3 saturated heterocycles. The van der Waals surface area contributed by atoms with Crippen molar-refractivity contribution in [3.63, 3.8) is 0 Å². The van der Waals surface area contributed by atoms with Gasteiger partial charge < -0.3 is 89.9 Å². The lowest BCUT2D eigenvalue weighted by molar-refractivity contribution is -0.379. The molecule has 1 amide bonds. The third kappa shape index (κ3) is 44.3. The predicted octanol–water partition coefficient (Wildman–Crippen LogP) is 14.8. The number of carbonyl (C=O) groups excluding carboxylic acids is 1. The minimum Gasteiger partial charge on any atom is -0.394 e. The molecule has 19 nitrogen and oxygen atoms in total. The molecular formula is C84H155NO18. The first-order valence-electron chi connectivity index (χ1n) is 42.4. The van der Waals surface area contributed by atoms with Gasteiger partial charge in [0, 0.05) is 6.42 Å². The van der Waals surface area contributed by atoms with Crippen molar-refractivity contribution in [3.05, 3.63) is 48.6 Å². The van der Waals surface area contributed by atoms with Crippen molar-refractivity contribution in [3.8, 4) is 0 Å². The fourth-order valence-electron chi connectivity index (χ4n) is 14.3. The molecule has 3 fully saturated rings. The zero-order chi connectivity index (χ0) is 74.6. The monoisotopic (exact) mass is 1470 g/mol. The Hall–Kier alpha value is -2.25. The van der Waals surface area contributed by atoms with Crippen molar-refractivity contribution < 1.29 is 89.4 Å². The van der Waals surface area contributed by atoms with Gasteiger partial charge in [0.2, 0.25) is 5.91 Å². The Kier molecular flexibility index (Phi) is 59.5. The molecule has 3 heterocycles. The molecule has 0 radical (unpaired) electrons. The molecule has 12 N–H and O–H groups in total. The second-order valence-corrected chi connectivity index (χ2v) is 30.3. The summed E-state index contributed by atoms with van der Waals surface area (Å²) in [5.41, 5.74) is 0. The van der Waals surface area contributed by atoms with Crippen molar-refractivity contribution in [1.82, 2.24) is 5.32 Å². The van der Waals surface area contributed by atoms with Gasteiger partial charge in [0.25, 0.3) is 0 Å². The number of unbranched alkanes of at least 4 members (excludes halogenated alkanes) is 46. The van der Waals surface area contributed by atoms with Crippen LogP contribution in [0.2, 0.25) is 0 Å². The van der Waals surface area contributed by atoms with E-state index >= 15 is 0 Å². The highest BCUT2D eigenvalue weighted by Crippen LogP contribution is 2.33. The Labute approximate surface area is 624 Å². The zero-order valence-corrected chi connectivity index (χ0v) is 64.8. The number of aliphatic hydroxyl groups excluding tert-OH is 11.